The number of carbonyl (C=O) groups excluding carboxylic acids is 1. The van der Waals surface area contributed by atoms with Gasteiger partial charge in [-0.3, -0.25) is 24.3 Å². The van der Waals surface area contributed by atoms with Crippen molar-refractivity contribution in [1.82, 2.24) is 29.5 Å². The fraction of sp³-hybridized carbons (Fsp3) is 0.406. The number of alkyl halides is 3. The predicted molar refractivity (Wildman–Crippen MR) is 155 cm³/mol. The van der Waals surface area contributed by atoms with E-state index >= 15 is 0 Å². The summed E-state index contributed by atoms with van der Waals surface area (Å²) in [5.74, 6) is -0.00210. The largest absolute Gasteiger partial charge is 0.416 e. The fourth-order valence-corrected chi connectivity index (χ4v) is 6.00. The summed E-state index contributed by atoms with van der Waals surface area (Å²) in [5, 5.41) is 5.68. The van der Waals surface area contributed by atoms with Crippen LogP contribution >= 0.6 is 0 Å². The highest BCUT2D eigenvalue weighted by atomic mass is 19.4. The quantitative estimate of drug-likeness (QED) is 0.301. The zero-order valence-electron chi connectivity index (χ0n) is 23.7. The number of halogens is 3. The van der Waals surface area contributed by atoms with Crippen molar-refractivity contribution in [3.8, 4) is 0 Å². The Labute approximate surface area is 243 Å². The monoisotopic (exact) mass is 576 g/mol. The third kappa shape index (κ3) is 6.34. The Balaban J connectivity index is 1.02. The standard InChI is InChI=1S/C32H35F3N6O/c1-23-2-3-25(19-36-23)22-38-12-10-29(11-13-38)41-30-9-6-26(18-27(30)20-37-41)31(42)40-16-14-39(15-17-40)21-24-4-7-28(8-5-24)32(33,34)35/h2-9,18-20,29H,10-17,21-22H2,1H3. The van der Waals surface area contributed by atoms with Gasteiger partial charge in [0.15, 0.2) is 0 Å². The Hall–Kier alpha value is -3.76. The SMILES string of the molecule is Cc1ccc(CN2CCC(n3ncc4cc(C(=O)N5CCN(Cc6ccc(C(F)(F)F)cc6)CC5)ccc43)CC2)cn1. The Morgan fingerprint density at radius 3 is 2.17 bits per heavy atom. The van der Waals surface area contributed by atoms with Gasteiger partial charge in [-0.2, -0.15) is 18.3 Å². The number of rotatable bonds is 6. The fourth-order valence-electron chi connectivity index (χ4n) is 6.00. The number of aromatic nitrogens is 3. The van der Waals surface area contributed by atoms with E-state index in [2.05, 4.69) is 31.6 Å². The molecule has 0 unspecified atom stereocenters. The van der Waals surface area contributed by atoms with Crippen LogP contribution in [0.5, 0.6) is 0 Å². The van der Waals surface area contributed by atoms with Crippen LogP contribution in [0.4, 0.5) is 13.2 Å². The van der Waals surface area contributed by atoms with Gasteiger partial charge >= 0.3 is 6.18 Å². The van der Waals surface area contributed by atoms with Crippen LogP contribution in [0.3, 0.4) is 0 Å². The van der Waals surface area contributed by atoms with Gasteiger partial charge in [0.05, 0.1) is 23.3 Å². The lowest BCUT2D eigenvalue weighted by molar-refractivity contribution is -0.137. The summed E-state index contributed by atoms with van der Waals surface area (Å²) in [6.45, 7) is 7.98. The van der Waals surface area contributed by atoms with Gasteiger partial charge in [0, 0.05) is 75.2 Å². The summed E-state index contributed by atoms with van der Waals surface area (Å²) >= 11 is 0. The Morgan fingerprint density at radius 1 is 0.833 bits per heavy atom. The Morgan fingerprint density at radius 2 is 1.50 bits per heavy atom. The molecule has 2 saturated heterocycles. The molecule has 0 aliphatic carbocycles. The Bertz CT molecular complexity index is 1520. The normalized spacial score (nSPS) is 17.7. The van der Waals surface area contributed by atoms with Gasteiger partial charge in [-0.25, -0.2) is 0 Å². The van der Waals surface area contributed by atoms with Crippen LogP contribution < -0.4 is 0 Å². The molecular weight excluding hydrogens is 541 g/mol. The molecule has 1 amide bonds. The van der Waals surface area contributed by atoms with E-state index in [9.17, 15) is 18.0 Å². The Kier molecular flexibility index (Phi) is 8.00. The molecule has 0 bridgehead atoms. The molecule has 4 aromatic rings. The first-order valence-electron chi connectivity index (χ1n) is 14.5. The molecular formula is C32H35F3N6O. The summed E-state index contributed by atoms with van der Waals surface area (Å²) in [6, 6.07) is 15.7. The highest BCUT2D eigenvalue weighted by Gasteiger charge is 2.30. The van der Waals surface area contributed by atoms with Crippen LogP contribution in [0.1, 0.15) is 51.6 Å². The maximum atomic E-state index is 13.3. The lowest BCUT2D eigenvalue weighted by atomic mass is 10.0. The van der Waals surface area contributed by atoms with Gasteiger partial charge in [-0.1, -0.05) is 18.2 Å². The number of carbonyl (C=O) groups is 1. The number of likely N-dealkylation sites (tertiary alicyclic amines) is 1. The first-order valence-corrected chi connectivity index (χ1v) is 14.5. The van der Waals surface area contributed by atoms with Gasteiger partial charge < -0.3 is 4.90 Å². The molecule has 4 heterocycles. The van der Waals surface area contributed by atoms with Crippen molar-refractivity contribution in [2.45, 2.75) is 45.1 Å². The molecule has 10 heteroatoms. The summed E-state index contributed by atoms with van der Waals surface area (Å²) < 4.78 is 40.6. The predicted octanol–water partition coefficient (Wildman–Crippen LogP) is 5.55. The number of aryl methyl sites for hydroxylation is 1. The van der Waals surface area contributed by atoms with E-state index in [4.69, 9.17) is 5.10 Å². The molecule has 0 atom stereocenters. The summed E-state index contributed by atoms with van der Waals surface area (Å²) in [4.78, 5) is 24.2. The third-order valence-corrected chi connectivity index (χ3v) is 8.47. The number of hydrogen-bond acceptors (Lipinski definition) is 5. The lowest BCUT2D eigenvalue weighted by Crippen LogP contribution is -2.48. The molecule has 2 fully saturated rings. The first kappa shape index (κ1) is 28.4. The molecule has 0 spiro atoms. The average Bonchev–Trinajstić information content (AvgIpc) is 3.42. The molecule has 2 aliphatic heterocycles. The maximum Gasteiger partial charge on any atom is 0.416 e. The van der Waals surface area contributed by atoms with Crippen LogP contribution in [0.15, 0.2) is 67.0 Å². The minimum Gasteiger partial charge on any atom is -0.336 e. The van der Waals surface area contributed by atoms with E-state index in [1.807, 2.05) is 42.4 Å². The van der Waals surface area contributed by atoms with Gasteiger partial charge in [-0.05, 0) is 67.3 Å². The van der Waals surface area contributed by atoms with E-state index in [0.717, 1.165) is 66.8 Å². The van der Waals surface area contributed by atoms with E-state index in [0.29, 0.717) is 44.3 Å². The van der Waals surface area contributed by atoms with Crippen LogP contribution in [0.2, 0.25) is 0 Å². The summed E-state index contributed by atoms with van der Waals surface area (Å²) in [5.41, 5.74) is 4.17. The second kappa shape index (κ2) is 11.9. The number of pyridine rings is 1. The van der Waals surface area contributed by atoms with Crippen LogP contribution in [-0.4, -0.2) is 74.6 Å². The van der Waals surface area contributed by atoms with E-state index in [1.54, 1.807) is 0 Å². The number of amides is 1. The molecule has 0 saturated carbocycles. The molecule has 42 heavy (non-hydrogen) atoms. The van der Waals surface area contributed by atoms with Crippen molar-refractivity contribution in [3.05, 3.63) is 94.9 Å². The zero-order valence-corrected chi connectivity index (χ0v) is 23.7. The number of piperidine rings is 1. The van der Waals surface area contributed by atoms with Crippen LogP contribution in [0.25, 0.3) is 10.9 Å². The summed E-state index contributed by atoms with van der Waals surface area (Å²) in [6.07, 6.45) is 1.54. The van der Waals surface area contributed by atoms with Gasteiger partial charge in [0.1, 0.15) is 0 Å². The van der Waals surface area contributed by atoms with E-state index < -0.39 is 11.7 Å². The van der Waals surface area contributed by atoms with Crippen molar-refractivity contribution in [3.63, 3.8) is 0 Å². The zero-order chi connectivity index (χ0) is 29.3. The number of nitrogens with zero attached hydrogens (tertiary/aromatic N) is 6. The third-order valence-electron chi connectivity index (χ3n) is 8.47. The summed E-state index contributed by atoms with van der Waals surface area (Å²) in [7, 11) is 0. The second-order valence-corrected chi connectivity index (χ2v) is 11.4. The van der Waals surface area contributed by atoms with Gasteiger partial charge in [0.25, 0.3) is 5.91 Å². The number of hydrogen-bond donors (Lipinski definition) is 0. The molecule has 0 radical (unpaired) electrons. The van der Waals surface area contributed by atoms with Crippen molar-refractivity contribution in [1.29, 1.82) is 0 Å². The number of fused-ring (bicyclic) bond motifs is 1. The number of piperazine rings is 1. The minimum atomic E-state index is -4.33. The van der Waals surface area contributed by atoms with Crippen LogP contribution in [-0.2, 0) is 19.3 Å². The average molecular weight is 577 g/mol. The van der Waals surface area contributed by atoms with Crippen molar-refractivity contribution in [2.75, 3.05) is 39.3 Å². The molecule has 2 aromatic carbocycles. The smallest absolute Gasteiger partial charge is 0.336 e. The highest BCUT2D eigenvalue weighted by molar-refractivity contribution is 5.98. The topological polar surface area (TPSA) is 57.5 Å². The molecule has 220 valence electrons. The lowest BCUT2D eigenvalue weighted by Gasteiger charge is -2.35. The highest BCUT2D eigenvalue weighted by Crippen LogP contribution is 2.30. The van der Waals surface area contributed by atoms with E-state index in [-0.39, 0.29) is 5.91 Å². The number of benzene rings is 2. The van der Waals surface area contributed by atoms with Crippen molar-refractivity contribution >= 4 is 16.8 Å². The molecule has 2 aliphatic rings. The maximum absolute atomic E-state index is 13.3. The van der Waals surface area contributed by atoms with Gasteiger partial charge in [-0.15, -0.1) is 0 Å². The molecule has 6 rings (SSSR count). The van der Waals surface area contributed by atoms with Gasteiger partial charge in [0.2, 0.25) is 0 Å². The van der Waals surface area contributed by atoms with Crippen LogP contribution in [0, 0.1) is 6.92 Å². The van der Waals surface area contributed by atoms with Crippen molar-refractivity contribution < 1.29 is 18.0 Å². The molecule has 2 aromatic heterocycles. The minimum absolute atomic E-state index is 0.00210. The van der Waals surface area contributed by atoms with Crippen molar-refractivity contribution in [2.24, 2.45) is 0 Å². The second-order valence-electron chi connectivity index (χ2n) is 11.4. The first-order chi connectivity index (χ1) is 20.2. The molecule has 7 nitrogen and oxygen atoms in total. The van der Waals surface area contributed by atoms with E-state index in [1.165, 1.54) is 17.7 Å². The molecule has 0 N–H and O–H groups in total.